The van der Waals surface area contributed by atoms with Crippen molar-refractivity contribution in [2.24, 2.45) is 5.92 Å². The van der Waals surface area contributed by atoms with Gasteiger partial charge in [0.2, 0.25) is 0 Å². The van der Waals surface area contributed by atoms with Gasteiger partial charge in [-0.3, -0.25) is 4.79 Å². The molecular weight excluding hydrogens is 300 g/mol. The molecule has 0 unspecified atom stereocenters. The van der Waals surface area contributed by atoms with E-state index in [4.69, 9.17) is 4.42 Å². The van der Waals surface area contributed by atoms with Crippen LogP contribution in [0.4, 0.5) is 0 Å². The number of carbonyl (C=O) groups excluding carboxylic acids is 1. The van der Waals surface area contributed by atoms with Crippen LogP contribution in [0.5, 0.6) is 0 Å². The highest BCUT2D eigenvalue weighted by Crippen LogP contribution is 2.25. The number of nitrogens with zero attached hydrogens (tertiary/aromatic N) is 1. The molecule has 1 aromatic carbocycles. The van der Waals surface area contributed by atoms with E-state index in [1.807, 2.05) is 29.7 Å². The standard InChI is InChI=1S/C20H24N2O2/c1-13(2)11-21-20(23)18-10-19-17(9-15(4)24-19)22(18)12-16-7-5-6-14(3)8-16/h5-10,13H,11-12H2,1-4H3,(H,21,23). The van der Waals surface area contributed by atoms with E-state index in [2.05, 4.69) is 44.3 Å². The van der Waals surface area contributed by atoms with Gasteiger partial charge in [0, 0.05) is 25.2 Å². The maximum absolute atomic E-state index is 12.6. The smallest absolute Gasteiger partial charge is 0.268 e. The minimum absolute atomic E-state index is 0.0552. The van der Waals surface area contributed by atoms with Gasteiger partial charge in [-0.2, -0.15) is 0 Å². The van der Waals surface area contributed by atoms with E-state index < -0.39 is 0 Å². The van der Waals surface area contributed by atoms with E-state index in [-0.39, 0.29) is 5.91 Å². The molecular formula is C20H24N2O2. The Morgan fingerprint density at radius 1 is 1.21 bits per heavy atom. The summed E-state index contributed by atoms with van der Waals surface area (Å²) in [7, 11) is 0. The number of nitrogens with one attached hydrogen (secondary N) is 1. The zero-order valence-electron chi connectivity index (χ0n) is 14.7. The van der Waals surface area contributed by atoms with E-state index in [0.717, 1.165) is 16.9 Å². The molecule has 1 N–H and O–H groups in total. The minimum atomic E-state index is -0.0552. The Morgan fingerprint density at radius 2 is 2.00 bits per heavy atom. The van der Waals surface area contributed by atoms with Crippen LogP contribution in [0.25, 0.3) is 11.1 Å². The predicted molar refractivity (Wildman–Crippen MR) is 96.4 cm³/mol. The van der Waals surface area contributed by atoms with Gasteiger partial charge < -0.3 is 14.3 Å². The van der Waals surface area contributed by atoms with Crippen molar-refractivity contribution in [3.8, 4) is 0 Å². The fourth-order valence-electron chi connectivity index (χ4n) is 2.90. The average Bonchev–Trinajstić information content (AvgIpc) is 3.02. The molecule has 126 valence electrons. The van der Waals surface area contributed by atoms with E-state index >= 15 is 0 Å². The molecule has 2 aromatic heterocycles. The fourth-order valence-corrected chi connectivity index (χ4v) is 2.90. The van der Waals surface area contributed by atoms with Gasteiger partial charge in [-0.15, -0.1) is 0 Å². The van der Waals surface area contributed by atoms with Crippen LogP contribution >= 0.6 is 0 Å². The first kappa shape index (κ1) is 16.4. The highest BCUT2D eigenvalue weighted by molar-refractivity contribution is 5.97. The van der Waals surface area contributed by atoms with Crippen LogP contribution in [0.3, 0.4) is 0 Å². The van der Waals surface area contributed by atoms with Crippen LogP contribution in [0.1, 0.15) is 41.2 Å². The lowest BCUT2D eigenvalue weighted by Gasteiger charge is -2.12. The minimum Gasteiger partial charge on any atom is -0.460 e. The Labute approximate surface area is 142 Å². The number of fused-ring (bicyclic) bond motifs is 1. The monoisotopic (exact) mass is 324 g/mol. The van der Waals surface area contributed by atoms with Crippen molar-refractivity contribution in [3.05, 3.63) is 59.0 Å². The number of benzene rings is 1. The lowest BCUT2D eigenvalue weighted by molar-refractivity contribution is 0.0940. The van der Waals surface area contributed by atoms with Gasteiger partial charge in [0.15, 0.2) is 5.58 Å². The molecule has 3 rings (SSSR count). The van der Waals surface area contributed by atoms with Crippen LogP contribution in [0.2, 0.25) is 0 Å². The van der Waals surface area contributed by atoms with Crippen LogP contribution in [-0.2, 0) is 6.54 Å². The highest BCUT2D eigenvalue weighted by Gasteiger charge is 2.18. The molecule has 4 heteroatoms. The summed E-state index contributed by atoms with van der Waals surface area (Å²) in [4.78, 5) is 12.6. The van der Waals surface area contributed by atoms with Crippen molar-refractivity contribution in [2.45, 2.75) is 34.2 Å². The summed E-state index contributed by atoms with van der Waals surface area (Å²) >= 11 is 0. The lowest BCUT2D eigenvalue weighted by atomic mass is 10.1. The maximum atomic E-state index is 12.6. The first-order chi connectivity index (χ1) is 11.4. The summed E-state index contributed by atoms with van der Waals surface area (Å²) in [6.45, 7) is 9.48. The first-order valence-electron chi connectivity index (χ1n) is 8.37. The molecule has 0 atom stereocenters. The summed E-state index contributed by atoms with van der Waals surface area (Å²) in [5.74, 6) is 1.21. The van der Waals surface area contributed by atoms with Crippen LogP contribution < -0.4 is 5.32 Å². The van der Waals surface area contributed by atoms with Gasteiger partial charge in [-0.25, -0.2) is 0 Å². The van der Waals surface area contributed by atoms with Crippen molar-refractivity contribution >= 4 is 17.0 Å². The molecule has 24 heavy (non-hydrogen) atoms. The summed E-state index contributed by atoms with van der Waals surface area (Å²) in [5, 5.41) is 3.00. The summed E-state index contributed by atoms with van der Waals surface area (Å²) in [6, 6.07) is 12.2. The van der Waals surface area contributed by atoms with Gasteiger partial charge in [0.1, 0.15) is 11.5 Å². The van der Waals surface area contributed by atoms with Crippen LogP contribution in [0.15, 0.2) is 40.8 Å². The number of aromatic nitrogens is 1. The highest BCUT2D eigenvalue weighted by atomic mass is 16.3. The van der Waals surface area contributed by atoms with E-state index in [0.29, 0.717) is 24.7 Å². The molecule has 0 aliphatic rings. The van der Waals surface area contributed by atoms with Crippen LogP contribution in [0, 0.1) is 19.8 Å². The number of amides is 1. The summed E-state index contributed by atoms with van der Waals surface area (Å²) in [5.41, 5.74) is 4.75. The second-order valence-electron chi connectivity index (χ2n) is 6.82. The van der Waals surface area contributed by atoms with Gasteiger partial charge in [0.25, 0.3) is 5.91 Å². The van der Waals surface area contributed by atoms with Crippen molar-refractivity contribution in [3.63, 3.8) is 0 Å². The maximum Gasteiger partial charge on any atom is 0.268 e. The van der Waals surface area contributed by atoms with Gasteiger partial charge in [-0.05, 0) is 25.3 Å². The Balaban J connectivity index is 1.99. The Hall–Kier alpha value is -2.49. The average molecular weight is 324 g/mol. The Bertz CT molecular complexity index is 871. The molecule has 0 aliphatic heterocycles. The molecule has 4 nitrogen and oxygen atoms in total. The van der Waals surface area contributed by atoms with Crippen molar-refractivity contribution in [1.29, 1.82) is 0 Å². The third-order valence-corrected chi connectivity index (χ3v) is 4.04. The number of rotatable bonds is 5. The van der Waals surface area contributed by atoms with E-state index in [9.17, 15) is 4.79 Å². The number of hydrogen-bond donors (Lipinski definition) is 1. The molecule has 2 heterocycles. The second kappa shape index (κ2) is 6.56. The van der Waals surface area contributed by atoms with Gasteiger partial charge >= 0.3 is 0 Å². The zero-order chi connectivity index (χ0) is 17.3. The fraction of sp³-hybridized carbons (Fsp3) is 0.350. The first-order valence-corrected chi connectivity index (χ1v) is 8.37. The molecule has 0 saturated carbocycles. The zero-order valence-corrected chi connectivity index (χ0v) is 14.7. The predicted octanol–water partition coefficient (Wildman–Crippen LogP) is 4.29. The van der Waals surface area contributed by atoms with Gasteiger partial charge in [-0.1, -0.05) is 43.7 Å². The molecule has 3 aromatic rings. The molecule has 0 fully saturated rings. The quantitative estimate of drug-likeness (QED) is 0.761. The van der Waals surface area contributed by atoms with Crippen LogP contribution in [-0.4, -0.2) is 17.0 Å². The number of furan rings is 1. The number of aryl methyl sites for hydroxylation is 2. The molecule has 1 amide bonds. The Morgan fingerprint density at radius 3 is 2.71 bits per heavy atom. The molecule has 0 bridgehead atoms. The van der Waals surface area contributed by atoms with Crippen molar-refractivity contribution in [1.82, 2.24) is 9.88 Å². The largest absolute Gasteiger partial charge is 0.460 e. The third kappa shape index (κ3) is 3.37. The number of carbonyl (C=O) groups is 1. The lowest BCUT2D eigenvalue weighted by Crippen LogP contribution is -2.29. The SMILES string of the molecule is Cc1cccc(Cn2c(C(=O)NCC(C)C)cc3oc(C)cc32)c1. The summed E-state index contributed by atoms with van der Waals surface area (Å²) < 4.78 is 7.76. The van der Waals surface area contributed by atoms with Crippen molar-refractivity contribution in [2.75, 3.05) is 6.54 Å². The van der Waals surface area contributed by atoms with E-state index in [1.54, 1.807) is 0 Å². The topological polar surface area (TPSA) is 47.2 Å². The van der Waals surface area contributed by atoms with E-state index in [1.165, 1.54) is 11.1 Å². The molecule has 0 radical (unpaired) electrons. The van der Waals surface area contributed by atoms with Crippen molar-refractivity contribution < 1.29 is 9.21 Å². The second-order valence-corrected chi connectivity index (χ2v) is 6.82. The number of hydrogen-bond acceptors (Lipinski definition) is 2. The molecule has 0 aliphatic carbocycles. The normalized spacial score (nSPS) is 11.4. The Kier molecular flexibility index (Phi) is 4.47. The molecule has 0 saturated heterocycles. The van der Waals surface area contributed by atoms with Gasteiger partial charge in [0.05, 0.1) is 5.52 Å². The molecule has 0 spiro atoms. The third-order valence-electron chi connectivity index (χ3n) is 4.04. The summed E-state index contributed by atoms with van der Waals surface area (Å²) in [6.07, 6.45) is 0.